The minimum absolute atomic E-state index is 0.209. The van der Waals surface area contributed by atoms with Gasteiger partial charge < -0.3 is 4.74 Å². The molecule has 4 rings (SSSR count). The van der Waals surface area contributed by atoms with Crippen LogP contribution >= 0.6 is 11.3 Å². The summed E-state index contributed by atoms with van der Waals surface area (Å²) < 4.78 is 7.83. The van der Waals surface area contributed by atoms with E-state index in [-0.39, 0.29) is 18.0 Å². The fourth-order valence-corrected chi connectivity index (χ4v) is 4.08. The number of hydrogen-bond acceptors (Lipinski definition) is 6. The third-order valence-corrected chi connectivity index (χ3v) is 5.52. The molecular weight excluding hydrogens is 350 g/mol. The molecule has 0 saturated carbocycles. The number of fused-ring (bicyclic) bond motifs is 2. The molecule has 26 heavy (non-hydrogen) atoms. The minimum atomic E-state index is -0.594. The van der Waals surface area contributed by atoms with Crippen molar-refractivity contribution in [2.75, 3.05) is 6.61 Å². The average molecular weight is 365 g/mol. The van der Waals surface area contributed by atoms with Gasteiger partial charge in [-0.05, 0) is 36.9 Å². The molecule has 3 aromatic heterocycles. The van der Waals surface area contributed by atoms with E-state index in [1.165, 1.54) is 15.9 Å². The molecule has 130 valence electrons. The van der Waals surface area contributed by atoms with E-state index in [0.29, 0.717) is 16.2 Å². The van der Waals surface area contributed by atoms with E-state index in [1.54, 1.807) is 25.4 Å². The predicted octanol–water partition coefficient (Wildman–Crippen LogP) is 3.60. The SMILES string of the molecule is Cc1nn2cccnc2c1C(=O)OCC(=O)c1sc2ccccc2c1C. The molecule has 0 aliphatic carbocycles. The summed E-state index contributed by atoms with van der Waals surface area (Å²) >= 11 is 1.42. The van der Waals surface area contributed by atoms with Gasteiger partial charge in [-0.3, -0.25) is 4.79 Å². The van der Waals surface area contributed by atoms with Crippen LogP contribution in [0.2, 0.25) is 0 Å². The lowest BCUT2D eigenvalue weighted by atomic mass is 10.1. The molecule has 0 saturated heterocycles. The Bertz CT molecular complexity index is 1160. The summed E-state index contributed by atoms with van der Waals surface area (Å²) in [5.74, 6) is -0.803. The maximum absolute atomic E-state index is 12.6. The van der Waals surface area contributed by atoms with Crippen molar-refractivity contribution in [3.63, 3.8) is 0 Å². The van der Waals surface area contributed by atoms with Crippen molar-refractivity contribution < 1.29 is 14.3 Å². The highest BCUT2D eigenvalue weighted by Gasteiger charge is 2.22. The number of benzene rings is 1. The zero-order valence-electron chi connectivity index (χ0n) is 14.2. The van der Waals surface area contributed by atoms with Gasteiger partial charge in [0.05, 0.1) is 10.6 Å². The first-order valence-electron chi connectivity index (χ1n) is 8.04. The number of aryl methyl sites for hydroxylation is 2. The molecule has 7 heteroatoms. The first-order chi connectivity index (χ1) is 12.6. The van der Waals surface area contributed by atoms with Crippen LogP contribution in [0.15, 0.2) is 42.7 Å². The summed E-state index contributed by atoms with van der Waals surface area (Å²) in [4.78, 5) is 29.8. The number of carbonyl (C=O) groups is 2. The van der Waals surface area contributed by atoms with Crippen LogP contribution in [0.3, 0.4) is 0 Å². The molecule has 0 fully saturated rings. The van der Waals surface area contributed by atoms with Crippen LogP contribution in [-0.4, -0.2) is 33.0 Å². The van der Waals surface area contributed by atoms with Crippen LogP contribution in [-0.2, 0) is 4.74 Å². The molecule has 1 aromatic carbocycles. The Morgan fingerprint density at radius 2 is 2.00 bits per heavy atom. The number of ketones is 1. The lowest BCUT2D eigenvalue weighted by Crippen LogP contribution is -2.14. The Morgan fingerprint density at radius 3 is 2.81 bits per heavy atom. The topological polar surface area (TPSA) is 73.6 Å². The number of ether oxygens (including phenoxy) is 1. The minimum Gasteiger partial charge on any atom is -0.454 e. The molecular formula is C19H15N3O3S. The van der Waals surface area contributed by atoms with Crippen LogP contribution in [0.4, 0.5) is 0 Å². The summed E-state index contributed by atoms with van der Waals surface area (Å²) in [6.45, 7) is 3.31. The van der Waals surface area contributed by atoms with Gasteiger partial charge in [-0.25, -0.2) is 14.3 Å². The molecule has 0 radical (unpaired) electrons. The first-order valence-corrected chi connectivity index (χ1v) is 8.86. The van der Waals surface area contributed by atoms with Crippen LogP contribution in [0.5, 0.6) is 0 Å². The molecule has 0 bridgehead atoms. The molecule has 0 aliphatic heterocycles. The largest absolute Gasteiger partial charge is 0.454 e. The van der Waals surface area contributed by atoms with Gasteiger partial charge in [0.25, 0.3) is 0 Å². The van der Waals surface area contributed by atoms with Gasteiger partial charge in [-0.2, -0.15) is 5.10 Å². The summed E-state index contributed by atoms with van der Waals surface area (Å²) in [6, 6.07) is 9.56. The average Bonchev–Trinajstić information content (AvgIpc) is 3.16. The second-order valence-electron chi connectivity index (χ2n) is 5.90. The second kappa shape index (κ2) is 6.34. The number of esters is 1. The molecule has 0 spiro atoms. The number of nitrogens with zero attached hydrogens (tertiary/aromatic N) is 3. The zero-order valence-corrected chi connectivity index (χ0v) is 15.0. The van der Waals surface area contributed by atoms with Gasteiger partial charge in [0.1, 0.15) is 5.56 Å². The molecule has 6 nitrogen and oxygen atoms in total. The second-order valence-corrected chi connectivity index (χ2v) is 6.95. The van der Waals surface area contributed by atoms with Gasteiger partial charge in [-0.15, -0.1) is 11.3 Å². The third-order valence-electron chi connectivity index (χ3n) is 4.21. The van der Waals surface area contributed by atoms with E-state index < -0.39 is 5.97 Å². The van der Waals surface area contributed by atoms with Crippen LogP contribution in [0.1, 0.15) is 31.3 Å². The van der Waals surface area contributed by atoms with Crippen molar-refractivity contribution in [3.8, 4) is 0 Å². The Balaban J connectivity index is 1.56. The lowest BCUT2D eigenvalue weighted by molar-refractivity contribution is 0.0476. The summed E-state index contributed by atoms with van der Waals surface area (Å²) in [6.07, 6.45) is 3.29. The van der Waals surface area contributed by atoms with Gasteiger partial charge in [0, 0.05) is 17.1 Å². The summed E-state index contributed by atoms with van der Waals surface area (Å²) in [5.41, 5.74) is 2.13. The fraction of sp³-hybridized carbons (Fsp3) is 0.158. The smallest absolute Gasteiger partial charge is 0.344 e. The highest BCUT2D eigenvalue weighted by molar-refractivity contribution is 7.21. The molecule has 0 amide bonds. The van der Waals surface area contributed by atoms with E-state index in [4.69, 9.17) is 4.74 Å². The van der Waals surface area contributed by atoms with Gasteiger partial charge >= 0.3 is 5.97 Å². The first kappa shape index (κ1) is 16.4. The maximum Gasteiger partial charge on any atom is 0.344 e. The van der Waals surface area contributed by atoms with Crippen LogP contribution in [0.25, 0.3) is 15.7 Å². The van der Waals surface area contributed by atoms with E-state index >= 15 is 0 Å². The molecule has 0 aliphatic rings. The van der Waals surface area contributed by atoms with Crippen LogP contribution < -0.4 is 0 Å². The van der Waals surface area contributed by atoms with Gasteiger partial charge in [0.15, 0.2) is 12.3 Å². The van der Waals surface area contributed by atoms with Crippen molar-refractivity contribution in [1.29, 1.82) is 0 Å². The third kappa shape index (κ3) is 2.66. The van der Waals surface area contributed by atoms with Crippen molar-refractivity contribution in [1.82, 2.24) is 14.6 Å². The molecule has 0 atom stereocenters. The highest BCUT2D eigenvalue weighted by Crippen LogP contribution is 2.30. The molecule has 0 unspecified atom stereocenters. The number of hydrogen-bond donors (Lipinski definition) is 0. The van der Waals surface area contributed by atoms with Crippen molar-refractivity contribution in [2.24, 2.45) is 0 Å². The number of thiophene rings is 1. The van der Waals surface area contributed by atoms with E-state index in [0.717, 1.165) is 15.6 Å². The highest BCUT2D eigenvalue weighted by atomic mass is 32.1. The van der Waals surface area contributed by atoms with E-state index in [1.807, 2.05) is 31.2 Å². The predicted molar refractivity (Wildman–Crippen MR) is 98.9 cm³/mol. The Morgan fingerprint density at radius 1 is 1.19 bits per heavy atom. The van der Waals surface area contributed by atoms with Gasteiger partial charge in [-0.1, -0.05) is 18.2 Å². The number of Topliss-reactive ketones (excluding diaryl/α,β-unsaturated/α-hetero) is 1. The molecule has 4 aromatic rings. The van der Waals surface area contributed by atoms with Crippen molar-refractivity contribution in [2.45, 2.75) is 13.8 Å². The standard InChI is InChI=1S/C19H15N3O3S/c1-11-13-6-3-4-7-15(13)26-17(11)14(23)10-25-19(24)16-12(2)21-22-9-5-8-20-18(16)22/h3-9H,10H2,1-2H3. The molecule has 3 heterocycles. The summed E-state index contributed by atoms with van der Waals surface area (Å²) in [7, 11) is 0. The normalized spacial score (nSPS) is 11.2. The van der Waals surface area contributed by atoms with Gasteiger partial charge in [0.2, 0.25) is 5.78 Å². The summed E-state index contributed by atoms with van der Waals surface area (Å²) in [5, 5.41) is 5.28. The Hall–Kier alpha value is -3.06. The number of rotatable bonds is 4. The number of carbonyl (C=O) groups excluding carboxylic acids is 2. The Labute approximate surface area is 153 Å². The zero-order chi connectivity index (χ0) is 18.3. The van der Waals surface area contributed by atoms with Crippen LogP contribution in [0, 0.1) is 13.8 Å². The molecule has 0 N–H and O–H groups in total. The van der Waals surface area contributed by atoms with Crippen molar-refractivity contribution in [3.05, 3.63) is 64.4 Å². The van der Waals surface area contributed by atoms with E-state index in [2.05, 4.69) is 10.1 Å². The Kier molecular flexibility index (Phi) is 4.00. The lowest BCUT2D eigenvalue weighted by Gasteiger charge is -2.03. The monoisotopic (exact) mass is 365 g/mol. The number of aromatic nitrogens is 3. The quantitative estimate of drug-likeness (QED) is 0.408. The van der Waals surface area contributed by atoms with E-state index in [9.17, 15) is 9.59 Å². The maximum atomic E-state index is 12.6. The van der Waals surface area contributed by atoms with Crippen molar-refractivity contribution >= 4 is 38.8 Å². The fourth-order valence-electron chi connectivity index (χ4n) is 2.94.